The van der Waals surface area contributed by atoms with E-state index in [0.29, 0.717) is 13.1 Å². The average Bonchev–Trinajstić information content (AvgIpc) is 2.27. The molecule has 0 saturated carbocycles. The summed E-state index contributed by atoms with van der Waals surface area (Å²) >= 11 is 3.42. The minimum absolute atomic E-state index is 0.439. The van der Waals surface area contributed by atoms with Crippen LogP contribution in [0.3, 0.4) is 0 Å². The molecule has 1 aliphatic rings. The monoisotopic (exact) mass is 285 g/mol. The number of amides is 1. The third kappa shape index (κ3) is 2.00. The molecule has 5 heteroatoms. The average molecular weight is 286 g/mol. The first-order valence-electron chi connectivity index (χ1n) is 4.95. The van der Waals surface area contributed by atoms with Crippen LogP contribution in [0.5, 0.6) is 5.75 Å². The number of ether oxygens (including phenoxy) is 1. The van der Waals surface area contributed by atoms with Gasteiger partial charge in [-0.25, -0.2) is 4.79 Å². The van der Waals surface area contributed by atoms with Gasteiger partial charge in [0.25, 0.3) is 0 Å². The molecule has 0 bridgehead atoms. The fraction of sp³-hybridized carbons (Fsp3) is 0.364. The number of carbonyl (C=O) groups is 1. The van der Waals surface area contributed by atoms with Gasteiger partial charge in [0.05, 0.1) is 11.6 Å². The van der Waals surface area contributed by atoms with E-state index < -0.39 is 6.09 Å². The second-order valence-electron chi connectivity index (χ2n) is 3.71. The lowest BCUT2D eigenvalue weighted by molar-refractivity contribution is 0.140. The SMILES string of the molecule is COc1cc2c(cc1Br)CCN(C(=O)O)C2. The molecule has 0 aromatic heterocycles. The molecule has 0 fully saturated rings. The van der Waals surface area contributed by atoms with Gasteiger partial charge in [-0.1, -0.05) is 0 Å². The second kappa shape index (κ2) is 4.33. The lowest BCUT2D eigenvalue weighted by atomic mass is 10.00. The van der Waals surface area contributed by atoms with Crippen LogP contribution < -0.4 is 4.74 Å². The Morgan fingerprint density at radius 2 is 2.25 bits per heavy atom. The van der Waals surface area contributed by atoms with Crippen molar-refractivity contribution in [3.63, 3.8) is 0 Å². The predicted octanol–water partition coefficient (Wildman–Crippen LogP) is 2.49. The summed E-state index contributed by atoms with van der Waals surface area (Å²) in [5, 5.41) is 8.93. The van der Waals surface area contributed by atoms with E-state index in [1.165, 1.54) is 10.5 Å². The van der Waals surface area contributed by atoms with Crippen molar-refractivity contribution in [3.05, 3.63) is 27.7 Å². The van der Waals surface area contributed by atoms with Crippen LogP contribution in [0.15, 0.2) is 16.6 Å². The zero-order chi connectivity index (χ0) is 11.7. The Balaban J connectivity index is 2.34. The summed E-state index contributed by atoms with van der Waals surface area (Å²) in [4.78, 5) is 12.3. The van der Waals surface area contributed by atoms with Crippen molar-refractivity contribution in [1.82, 2.24) is 4.90 Å². The molecule has 4 nitrogen and oxygen atoms in total. The van der Waals surface area contributed by atoms with E-state index in [1.54, 1.807) is 7.11 Å². The van der Waals surface area contributed by atoms with Crippen LogP contribution in [0.4, 0.5) is 4.79 Å². The highest BCUT2D eigenvalue weighted by Crippen LogP contribution is 2.31. The summed E-state index contributed by atoms with van der Waals surface area (Å²) < 4.78 is 6.11. The molecule has 86 valence electrons. The van der Waals surface area contributed by atoms with E-state index in [2.05, 4.69) is 15.9 Å². The quantitative estimate of drug-likeness (QED) is 0.863. The Morgan fingerprint density at radius 3 is 2.88 bits per heavy atom. The normalized spacial score (nSPS) is 14.5. The maximum atomic E-state index is 10.9. The van der Waals surface area contributed by atoms with Gasteiger partial charge in [0, 0.05) is 13.1 Å². The lowest BCUT2D eigenvalue weighted by Gasteiger charge is -2.27. The Labute approximate surface area is 102 Å². The molecule has 2 rings (SSSR count). The topological polar surface area (TPSA) is 49.8 Å². The Bertz CT molecular complexity index is 433. The second-order valence-corrected chi connectivity index (χ2v) is 4.56. The molecule has 0 spiro atoms. The number of benzene rings is 1. The van der Waals surface area contributed by atoms with Crippen LogP contribution >= 0.6 is 15.9 Å². The number of fused-ring (bicyclic) bond motifs is 1. The summed E-state index contributed by atoms with van der Waals surface area (Å²) in [6.07, 6.45) is -0.114. The molecule has 0 saturated heterocycles. The molecular formula is C11H12BrNO3. The van der Waals surface area contributed by atoms with Crippen LogP contribution in [0, 0.1) is 0 Å². The summed E-state index contributed by atoms with van der Waals surface area (Å²) in [5.41, 5.74) is 2.21. The summed E-state index contributed by atoms with van der Waals surface area (Å²) in [6.45, 7) is 0.995. The summed E-state index contributed by atoms with van der Waals surface area (Å²) in [5.74, 6) is 0.742. The number of hydrogen-bond donors (Lipinski definition) is 1. The van der Waals surface area contributed by atoms with E-state index in [-0.39, 0.29) is 0 Å². The van der Waals surface area contributed by atoms with Crippen LogP contribution in [-0.2, 0) is 13.0 Å². The Morgan fingerprint density at radius 1 is 1.50 bits per heavy atom. The highest BCUT2D eigenvalue weighted by atomic mass is 79.9. The minimum atomic E-state index is -0.868. The van der Waals surface area contributed by atoms with Gasteiger partial charge < -0.3 is 14.7 Å². The van der Waals surface area contributed by atoms with Gasteiger partial charge in [-0.05, 0) is 45.6 Å². The largest absolute Gasteiger partial charge is 0.496 e. The number of nitrogens with zero attached hydrogens (tertiary/aromatic N) is 1. The standard InChI is InChI=1S/C11H12BrNO3/c1-16-10-5-8-6-13(11(14)15)3-2-7(8)4-9(10)12/h4-5H,2-3,6H2,1H3,(H,14,15). The molecule has 0 unspecified atom stereocenters. The van der Waals surface area contributed by atoms with E-state index in [9.17, 15) is 4.79 Å². The van der Waals surface area contributed by atoms with Gasteiger partial charge in [-0.15, -0.1) is 0 Å². The first kappa shape index (κ1) is 11.3. The van der Waals surface area contributed by atoms with Crippen LogP contribution in [0.2, 0.25) is 0 Å². The molecular weight excluding hydrogens is 274 g/mol. The fourth-order valence-corrected chi connectivity index (χ4v) is 2.43. The molecule has 1 aromatic carbocycles. The lowest BCUT2D eigenvalue weighted by Crippen LogP contribution is -2.34. The van der Waals surface area contributed by atoms with Gasteiger partial charge in [-0.3, -0.25) is 0 Å². The van der Waals surface area contributed by atoms with Gasteiger partial charge in [-0.2, -0.15) is 0 Å². The van der Waals surface area contributed by atoms with Crippen LogP contribution in [-0.4, -0.2) is 29.8 Å². The molecule has 0 aliphatic carbocycles. The third-order valence-electron chi connectivity index (χ3n) is 2.76. The van der Waals surface area contributed by atoms with E-state index in [4.69, 9.17) is 9.84 Å². The number of rotatable bonds is 1. The Kier molecular flexibility index (Phi) is 3.05. The molecule has 1 aliphatic heterocycles. The summed E-state index contributed by atoms with van der Waals surface area (Å²) in [7, 11) is 1.60. The van der Waals surface area contributed by atoms with Gasteiger partial charge in [0.15, 0.2) is 0 Å². The Hall–Kier alpha value is -1.23. The smallest absolute Gasteiger partial charge is 0.407 e. The van der Waals surface area contributed by atoms with Crippen LogP contribution in [0.25, 0.3) is 0 Å². The molecule has 16 heavy (non-hydrogen) atoms. The van der Waals surface area contributed by atoms with Crippen molar-refractivity contribution in [2.75, 3.05) is 13.7 Å². The van der Waals surface area contributed by atoms with Crippen molar-refractivity contribution in [2.24, 2.45) is 0 Å². The molecule has 1 heterocycles. The third-order valence-corrected chi connectivity index (χ3v) is 3.38. The van der Waals surface area contributed by atoms with Crippen molar-refractivity contribution in [3.8, 4) is 5.75 Å². The molecule has 1 aromatic rings. The van der Waals surface area contributed by atoms with Gasteiger partial charge in [0.1, 0.15) is 5.75 Å². The minimum Gasteiger partial charge on any atom is -0.496 e. The number of methoxy groups -OCH3 is 1. The van der Waals surface area contributed by atoms with Crippen molar-refractivity contribution in [2.45, 2.75) is 13.0 Å². The number of carboxylic acid groups (broad SMARTS) is 1. The molecule has 0 radical (unpaired) electrons. The van der Waals surface area contributed by atoms with E-state index in [0.717, 1.165) is 22.2 Å². The van der Waals surface area contributed by atoms with Crippen molar-refractivity contribution >= 4 is 22.0 Å². The fourth-order valence-electron chi connectivity index (χ4n) is 1.88. The zero-order valence-corrected chi connectivity index (χ0v) is 10.5. The highest BCUT2D eigenvalue weighted by molar-refractivity contribution is 9.10. The van der Waals surface area contributed by atoms with Crippen LogP contribution in [0.1, 0.15) is 11.1 Å². The van der Waals surface area contributed by atoms with E-state index >= 15 is 0 Å². The number of halogens is 1. The van der Waals surface area contributed by atoms with Crippen molar-refractivity contribution in [1.29, 1.82) is 0 Å². The van der Waals surface area contributed by atoms with Crippen molar-refractivity contribution < 1.29 is 14.6 Å². The highest BCUT2D eigenvalue weighted by Gasteiger charge is 2.21. The predicted molar refractivity (Wildman–Crippen MR) is 62.8 cm³/mol. The number of hydrogen-bond acceptors (Lipinski definition) is 2. The molecule has 0 atom stereocenters. The molecule has 1 N–H and O–H groups in total. The zero-order valence-electron chi connectivity index (χ0n) is 8.86. The van der Waals surface area contributed by atoms with Gasteiger partial charge >= 0.3 is 6.09 Å². The first-order chi connectivity index (χ1) is 7.61. The first-order valence-corrected chi connectivity index (χ1v) is 5.74. The molecule has 1 amide bonds. The van der Waals surface area contributed by atoms with E-state index in [1.807, 2.05) is 12.1 Å². The summed E-state index contributed by atoms with van der Waals surface area (Å²) in [6, 6.07) is 3.90. The van der Waals surface area contributed by atoms with Gasteiger partial charge in [0.2, 0.25) is 0 Å². The maximum Gasteiger partial charge on any atom is 0.407 e. The maximum absolute atomic E-state index is 10.9.